The van der Waals surface area contributed by atoms with Crippen LogP contribution in [0.1, 0.15) is 16.7 Å². The number of aromatic nitrogens is 1. The summed E-state index contributed by atoms with van der Waals surface area (Å²) in [6.45, 7) is 4.88. The van der Waals surface area contributed by atoms with Gasteiger partial charge in [0.2, 0.25) is 0 Å². The Morgan fingerprint density at radius 3 is 2.81 bits per heavy atom. The second-order valence-corrected chi connectivity index (χ2v) is 4.44. The first kappa shape index (κ1) is 9.46. The summed E-state index contributed by atoms with van der Waals surface area (Å²) in [5.41, 5.74) is 5.37. The summed E-state index contributed by atoms with van der Waals surface area (Å²) in [6, 6.07) is 4.24. The lowest BCUT2D eigenvalue weighted by molar-refractivity contribution is 1.11. The van der Waals surface area contributed by atoms with E-state index in [0.717, 1.165) is 35.3 Å². The largest absolute Gasteiger partial charge is 0.384 e. The number of nitrogens with one attached hydrogen (secondary N) is 2. The second-order valence-electron chi connectivity index (χ2n) is 4.44. The number of aromatic amines is 1. The summed E-state index contributed by atoms with van der Waals surface area (Å²) in [5, 5.41) is 4.49. The predicted molar refractivity (Wildman–Crippen MR) is 66.2 cm³/mol. The number of aryl methyl sites for hydroxylation is 1. The van der Waals surface area contributed by atoms with Gasteiger partial charge in [0.15, 0.2) is 0 Å². The van der Waals surface area contributed by atoms with Gasteiger partial charge in [-0.2, -0.15) is 0 Å². The van der Waals surface area contributed by atoms with Gasteiger partial charge in [-0.1, -0.05) is 0 Å². The smallest absolute Gasteiger partial charge is 0.251 e. The van der Waals surface area contributed by atoms with Crippen LogP contribution in [0.3, 0.4) is 0 Å². The van der Waals surface area contributed by atoms with Crippen LogP contribution in [0.5, 0.6) is 0 Å². The van der Waals surface area contributed by atoms with Crippen molar-refractivity contribution in [3.8, 4) is 0 Å². The van der Waals surface area contributed by atoms with Gasteiger partial charge in [0.25, 0.3) is 5.56 Å². The van der Waals surface area contributed by atoms with Crippen molar-refractivity contribution >= 4 is 16.6 Å². The molecule has 0 fully saturated rings. The lowest BCUT2D eigenvalue weighted by atomic mass is 10.0. The third kappa shape index (κ3) is 1.18. The van der Waals surface area contributed by atoms with Crippen molar-refractivity contribution in [1.29, 1.82) is 0 Å². The number of H-pyrrole nitrogens is 1. The number of pyridine rings is 1. The number of hydrogen-bond donors (Lipinski definition) is 2. The Hall–Kier alpha value is -1.77. The maximum Gasteiger partial charge on any atom is 0.251 e. The van der Waals surface area contributed by atoms with Crippen molar-refractivity contribution in [1.82, 2.24) is 4.98 Å². The van der Waals surface area contributed by atoms with Crippen LogP contribution < -0.4 is 10.9 Å². The fourth-order valence-electron chi connectivity index (χ4n) is 2.35. The Labute approximate surface area is 93.5 Å². The second kappa shape index (κ2) is 3.11. The molecule has 2 N–H and O–H groups in total. The first-order valence-corrected chi connectivity index (χ1v) is 5.57. The molecule has 82 valence electrons. The Kier molecular flexibility index (Phi) is 1.84. The summed E-state index contributed by atoms with van der Waals surface area (Å²) < 4.78 is 0. The molecule has 0 unspecified atom stereocenters. The molecule has 0 saturated heterocycles. The number of benzene rings is 1. The highest BCUT2D eigenvalue weighted by Crippen LogP contribution is 2.28. The topological polar surface area (TPSA) is 44.9 Å². The SMILES string of the molecule is Cc1c(C)c2cc3c(cc2[nH]c1=O)NCC3. The molecule has 0 amide bonds. The average Bonchev–Trinajstić information content (AvgIpc) is 2.71. The fourth-order valence-corrected chi connectivity index (χ4v) is 2.35. The van der Waals surface area contributed by atoms with Crippen molar-refractivity contribution in [3.63, 3.8) is 0 Å². The van der Waals surface area contributed by atoms with Gasteiger partial charge in [0.05, 0.1) is 5.52 Å². The number of anilines is 1. The molecule has 0 radical (unpaired) electrons. The first-order valence-electron chi connectivity index (χ1n) is 5.57. The molecule has 0 spiro atoms. The zero-order valence-electron chi connectivity index (χ0n) is 9.48. The standard InChI is InChI=1S/C13H14N2O/c1-7-8(2)13(16)15-12-6-11-9(3-4-14-11)5-10(7)12/h5-6,14H,3-4H2,1-2H3,(H,15,16). The van der Waals surface area contributed by atoms with E-state index in [1.807, 2.05) is 19.9 Å². The van der Waals surface area contributed by atoms with Crippen molar-refractivity contribution < 1.29 is 0 Å². The lowest BCUT2D eigenvalue weighted by Crippen LogP contribution is -2.11. The molecular weight excluding hydrogens is 200 g/mol. The van der Waals surface area contributed by atoms with E-state index in [4.69, 9.17) is 0 Å². The molecule has 2 heterocycles. The van der Waals surface area contributed by atoms with E-state index in [-0.39, 0.29) is 5.56 Å². The molecule has 1 aromatic heterocycles. The van der Waals surface area contributed by atoms with Crippen LogP contribution in [0.4, 0.5) is 5.69 Å². The van der Waals surface area contributed by atoms with E-state index in [0.29, 0.717) is 0 Å². The van der Waals surface area contributed by atoms with E-state index in [2.05, 4.69) is 16.4 Å². The zero-order chi connectivity index (χ0) is 11.3. The molecule has 0 aliphatic carbocycles. The molecule has 0 atom stereocenters. The highest BCUT2D eigenvalue weighted by atomic mass is 16.1. The molecule has 16 heavy (non-hydrogen) atoms. The maximum atomic E-state index is 11.7. The minimum atomic E-state index is 0.0166. The molecule has 1 aliphatic rings. The molecule has 3 nitrogen and oxygen atoms in total. The molecule has 0 saturated carbocycles. The van der Waals surface area contributed by atoms with Gasteiger partial charge < -0.3 is 10.3 Å². The van der Waals surface area contributed by atoms with E-state index < -0.39 is 0 Å². The van der Waals surface area contributed by atoms with E-state index in [9.17, 15) is 4.79 Å². The fraction of sp³-hybridized carbons (Fsp3) is 0.308. The van der Waals surface area contributed by atoms with E-state index >= 15 is 0 Å². The minimum absolute atomic E-state index is 0.0166. The van der Waals surface area contributed by atoms with Crippen molar-refractivity contribution in [2.45, 2.75) is 20.3 Å². The van der Waals surface area contributed by atoms with Crippen LogP contribution in [-0.4, -0.2) is 11.5 Å². The lowest BCUT2D eigenvalue weighted by Gasteiger charge is -2.08. The molecule has 2 aromatic rings. The molecule has 0 bridgehead atoms. The summed E-state index contributed by atoms with van der Waals surface area (Å²) in [6.07, 6.45) is 1.07. The predicted octanol–water partition coefficient (Wildman–Crippen LogP) is 2.11. The van der Waals surface area contributed by atoms with E-state index in [1.165, 1.54) is 10.9 Å². The molecule has 3 heteroatoms. The van der Waals surface area contributed by atoms with Gasteiger partial charge in [0.1, 0.15) is 0 Å². The van der Waals surface area contributed by atoms with Crippen molar-refractivity contribution in [2.75, 3.05) is 11.9 Å². The van der Waals surface area contributed by atoms with Crippen LogP contribution in [0.25, 0.3) is 10.9 Å². The van der Waals surface area contributed by atoms with E-state index in [1.54, 1.807) is 0 Å². The molecular formula is C13H14N2O. The first-order chi connectivity index (χ1) is 7.66. The Morgan fingerprint density at radius 1 is 1.19 bits per heavy atom. The number of fused-ring (bicyclic) bond motifs is 2. The Morgan fingerprint density at radius 2 is 2.00 bits per heavy atom. The van der Waals surface area contributed by atoms with Gasteiger partial charge in [-0.3, -0.25) is 4.79 Å². The normalized spacial score (nSPS) is 13.9. The maximum absolute atomic E-state index is 11.7. The van der Waals surface area contributed by atoms with Crippen LogP contribution in [0.15, 0.2) is 16.9 Å². The summed E-state index contributed by atoms with van der Waals surface area (Å²) in [7, 11) is 0. The Bertz CT molecular complexity index is 640. The van der Waals surface area contributed by atoms with Crippen LogP contribution in [0.2, 0.25) is 0 Å². The number of hydrogen-bond acceptors (Lipinski definition) is 2. The van der Waals surface area contributed by atoms with Crippen LogP contribution in [0, 0.1) is 13.8 Å². The van der Waals surface area contributed by atoms with Crippen molar-refractivity contribution in [3.05, 3.63) is 39.2 Å². The molecule has 1 aliphatic heterocycles. The highest BCUT2D eigenvalue weighted by molar-refractivity contribution is 5.88. The zero-order valence-corrected chi connectivity index (χ0v) is 9.48. The summed E-state index contributed by atoms with van der Waals surface area (Å²) in [4.78, 5) is 14.6. The third-order valence-electron chi connectivity index (χ3n) is 3.51. The monoisotopic (exact) mass is 214 g/mol. The highest BCUT2D eigenvalue weighted by Gasteiger charge is 2.13. The molecule has 3 rings (SSSR count). The van der Waals surface area contributed by atoms with Gasteiger partial charge in [-0.15, -0.1) is 0 Å². The van der Waals surface area contributed by atoms with Gasteiger partial charge in [-0.05, 0) is 43.5 Å². The average molecular weight is 214 g/mol. The number of rotatable bonds is 0. The quantitative estimate of drug-likeness (QED) is 0.705. The van der Waals surface area contributed by atoms with Gasteiger partial charge >= 0.3 is 0 Å². The van der Waals surface area contributed by atoms with Gasteiger partial charge in [0, 0.05) is 23.2 Å². The molecule has 1 aromatic carbocycles. The van der Waals surface area contributed by atoms with Crippen molar-refractivity contribution in [2.24, 2.45) is 0 Å². The van der Waals surface area contributed by atoms with Crippen LogP contribution >= 0.6 is 0 Å². The summed E-state index contributed by atoms with van der Waals surface area (Å²) in [5.74, 6) is 0. The summed E-state index contributed by atoms with van der Waals surface area (Å²) >= 11 is 0. The van der Waals surface area contributed by atoms with Gasteiger partial charge in [-0.25, -0.2) is 0 Å². The third-order valence-corrected chi connectivity index (χ3v) is 3.51. The minimum Gasteiger partial charge on any atom is -0.384 e. The van der Waals surface area contributed by atoms with Crippen LogP contribution in [-0.2, 0) is 6.42 Å². The Balaban J connectivity index is 2.45.